The molecule has 5 nitrogen and oxygen atoms in total. The van der Waals surface area contributed by atoms with Crippen molar-refractivity contribution in [1.82, 2.24) is 3.71 Å². The summed E-state index contributed by atoms with van der Waals surface area (Å²) in [4.78, 5) is 0. The van der Waals surface area contributed by atoms with E-state index in [0.717, 1.165) is 6.26 Å². The van der Waals surface area contributed by atoms with Gasteiger partial charge in [0.05, 0.1) is 6.26 Å². The fraction of sp³-hybridized carbons (Fsp3) is 1.00. The molecule has 0 aromatic heterocycles. The SMILES string of the molecule is CS(=O)(=O)[NH][AlH].O[B]O. The van der Waals surface area contributed by atoms with Crippen molar-refractivity contribution in [2.75, 3.05) is 6.26 Å². The van der Waals surface area contributed by atoms with E-state index >= 15 is 0 Å². The Balaban J connectivity index is 0. The summed E-state index contributed by atoms with van der Waals surface area (Å²) in [7, 11) is -2.90. The van der Waals surface area contributed by atoms with Crippen LogP contribution in [0.3, 0.4) is 0 Å². The number of nitrogens with one attached hydrogen (secondary N) is 1. The molecule has 0 heterocycles. The van der Waals surface area contributed by atoms with Gasteiger partial charge in [0.25, 0.3) is 0 Å². The van der Waals surface area contributed by atoms with Crippen LogP contribution < -0.4 is 3.71 Å². The lowest BCUT2D eigenvalue weighted by molar-refractivity contribution is 0.448. The summed E-state index contributed by atoms with van der Waals surface area (Å²) in [5.41, 5.74) is 0. The monoisotopic (exact) mass is 167 g/mol. The van der Waals surface area contributed by atoms with Gasteiger partial charge < -0.3 is 13.8 Å². The molecule has 0 spiro atoms. The summed E-state index contributed by atoms with van der Waals surface area (Å²) >= 11 is 1.20. The normalized spacial score (nSPS) is 9.22. The van der Waals surface area contributed by atoms with E-state index in [4.69, 9.17) is 10.0 Å². The molecule has 0 aliphatic heterocycles. The van der Waals surface area contributed by atoms with E-state index in [9.17, 15) is 8.42 Å². The summed E-state index contributed by atoms with van der Waals surface area (Å²) in [5, 5.41) is 14.0. The Morgan fingerprint density at radius 1 is 1.56 bits per heavy atom. The maximum atomic E-state index is 9.90. The molecule has 0 unspecified atom stereocenters. The second-order valence-corrected chi connectivity index (χ2v) is 3.73. The molecule has 9 heavy (non-hydrogen) atoms. The van der Waals surface area contributed by atoms with Crippen molar-refractivity contribution in [3.63, 3.8) is 0 Å². The highest BCUT2D eigenvalue weighted by molar-refractivity contribution is 7.89. The zero-order valence-electron chi connectivity index (χ0n) is 4.90. The maximum absolute atomic E-state index is 9.90. The van der Waals surface area contributed by atoms with Gasteiger partial charge in [-0.1, -0.05) is 0 Å². The van der Waals surface area contributed by atoms with Crippen molar-refractivity contribution in [1.29, 1.82) is 0 Å². The molecular weight excluding hydrogens is 160 g/mol. The van der Waals surface area contributed by atoms with Crippen LogP contribution in [0.5, 0.6) is 0 Å². The number of sulfonamides is 1. The Morgan fingerprint density at radius 3 is 1.67 bits per heavy atom. The summed E-state index contributed by atoms with van der Waals surface area (Å²) in [6.45, 7) is 0. The fourth-order valence-corrected chi connectivity index (χ4v) is 0. The minimum Gasteiger partial charge on any atom is -0.429 e. The van der Waals surface area contributed by atoms with E-state index in [-0.39, 0.29) is 7.69 Å². The van der Waals surface area contributed by atoms with E-state index in [0.29, 0.717) is 0 Å². The van der Waals surface area contributed by atoms with Gasteiger partial charge in [0, 0.05) is 0 Å². The first-order valence-corrected chi connectivity index (χ1v) is 4.41. The van der Waals surface area contributed by atoms with Crippen LogP contribution in [0.15, 0.2) is 0 Å². The van der Waals surface area contributed by atoms with E-state index in [1.54, 1.807) is 0 Å². The number of hydrogen-bond donors (Lipinski definition) is 3. The summed E-state index contributed by atoms with van der Waals surface area (Å²) < 4.78 is 21.9. The van der Waals surface area contributed by atoms with Gasteiger partial charge in [0.2, 0.25) is 0 Å². The van der Waals surface area contributed by atoms with E-state index in [1.807, 2.05) is 0 Å². The molecule has 52 valence electrons. The molecule has 8 heteroatoms. The lowest BCUT2D eigenvalue weighted by Crippen LogP contribution is -2.17. The molecule has 3 N–H and O–H groups in total. The molecule has 0 aliphatic carbocycles. The van der Waals surface area contributed by atoms with Crippen LogP contribution in [0.25, 0.3) is 0 Å². The van der Waals surface area contributed by atoms with Crippen LogP contribution in [0.4, 0.5) is 0 Å². The minimum absolute atomic E-state index is 0. The topological polar surface area (TPSA) is 86.6 Å². The average Bonchev–Trinajstić information content (AvgIpc) is 1.67. The quantitative estimate of drug-likeness (QED) is 0.360. The predicted molar refractivity (Wildman–Crippen MR) is 35.3 cm³/mol. The molecule has 0 aromatic carbocycles. The molecule has 0 bridgehead atoms. The van der Waals surface area contributed by atoms with Crippen molar-refractivity contribution >= 4 is 34.2 Å². The minimum atomic E-state index is -2.90. The third-order valence-electron chi connectivity index (χ3n) is 0.262. The van der Waals surface area contributed by atoms with Crippen LogP contribution in [0.2, 0.25) is 0 Å². The van der Waals surface area contributed by atoms with E-state index in [2.05, 4.69) is 3.71 Å². The molecule has 0 aliphatic rings. The Labute approximate surface area is 63.1 Å². The molecule has 0 fully saturated rings. The van der Waals surface area contributed by atoms with Gasteiger partial charge in [0.1, 0.15) is 0 Å². The highest BCUT2D eigenvalue weighted by Gasteiger charge is 1.87. The first-order chi connectivity index (χ1) is 3.97. The van der Waals surface area contributed by atoms with E-state index < -0.39 is 10.0 Å². The molecular formula is CH7AlBNO4S. The third kappa shape index (κ3) is 29.6. The van der Waals surface area contributed by atoms with Crippen molar-refractivity contribution in [2.24, 2.45) is 0 Å². The van der Waals surface area contributed by atoms with Crippen LogP contribution in [-0.4, -0.2) is 48.9 Å². The lowest BCUT2D eigenvalue weighted by Gasteiger charge is -1.86. The average molecular weight is 167 g/mol. The second-order valence-electron chi connectivity index (χ2n) is 1.03. The molecule has 2 radical (unpaired) electrons. The number of hydrogen-bond acceptors (Lipinski definition) is 4. The highest BCUT2D eigenvalue weighted by atomic mass is 32.2. The zero-order chi connectivity index (χ0) is 7.91. The molecule has 0 saturated carbocycles. The Hall–Kier alpha value is 0.427. The van der Waals surface area contributed by atoms with Crippen molar-refractivity contribution < 1.29 is 18.5 Å². The largest absolute Gasteiger partial charge is 0.482 e. The number of rotatable bonds is 1. The lowest BCUT2D eigenvalue weighted by atomic mass is 10.5. The van der Waals surface area contributed by atoms with Gasteiger partial charge in [-0.05, 0) is 0 Å². The van der Waals surface area contributed by atoms with Gasteiger partial charge in [-0.25, -0.2) is 8.42 Å². The van der Waals surface area contributed by atoms with Crippen LogP contribution in [0, 0.1) is 0 Å². The second kappa shape index (κ2) is 6.55. The first-order valence-electron chi connectivity index (χ1n) is 1.82. The Kier molecular flexibility index (Phi) is 8.83. The standard InChI is InChI=1S/CH4NO2S.Al.BH2O2.H/c1-5(2,3)4;;2-1-3;/h1H3,(H-,2,3,4);;2-3H;/q-1;+1;;. The van der Waals surface area contributed by atoms with Gasteiger partial charge >= 0.3 is 24.2 Å². The third-order valence-corrected chi connectivity index (χ3v) is 2.36. The summed E-state index contributed by atoms with van der Waals surface area (Å²) in [5.74, 6) is 0. The smallest absolute Gasteiger partial charge is 0.429 e. The predicted octanol–water partition coefficient (Wildman–Crippen LogP) is -3.14. The van der Waals surface area contributed by atoms with Crippen molar-refractivity contribution in [2.45, 2.75) is 0 Å². The van der Waals surface area contributed by atoms with Crippen LogP contribution in [-0.2, 0) is 10.0 Å². The van der Waals surface area contributed by atoms with E-state index in [1.165, 1.54) is 16.5 Å². The molecule has 0 atom stereocenters. The molecule has 0 rings (SSSR count). The van der Waals surface area contributed by atoms with Gasteiger partial charge in [0.15, 0.2) is 10.0 Å². The van der Waals surface area contributed by atoms with Crippen molar-refractivity contribution in [3.05, 3.63) is 0 Å². The Bertz CT molecular complexity index is 134. The van der Waals surface area contributed by atoms with Gasteiger partial charge in [-0.15, -0.1) is 0 Å². The molecule has 0 aromatic rings. The summed E-state index contributed by atoms with van der Waals surface area (Å²) in [6.07, 6.45) is 1.11. The highest BCUT2D eigenvalue weighted by Crippen LogP contribution is 1.61. The van der Waals surface area contributed by atoms with Crippen LogP contribution in [0.1, 0.15) is 0 Å². The molecule has 0 amide bonds. The summed E-state index contributed by atoms with van der Waals surface area (Å²) in [6, 6.07) is 0. The van der Waals surface area contributed by atoms with Crippen LogP contribution >= 0.6 is 0 Å². The maximum Gasteiger partial charge on any atom is 0.482 e. The zero-order valence-corrected chi connectivity index (χ0v) is 7.13. The van der Waals surface area contributed by atoms with Crippen molar-refractivity contribution in [3.8, 4) is 0 Å². The first kappa shape index (κ1) is 12.1. The molecule has 0 saturated heterocycles. The van der Waals surface area contributed by atoms with Gasteiger partial charge in [-0.2, -0.15) is 0 Å². The van der Waals surface area contributed by atoms with Gasteiger partial charge in [-0.3, -0.25) is 0 Å². The fourth-order valence-electron chi connectivity index (χ4n) is 0. The Morgan fingerprint density at radius 2 is 1.67 bits per heavy atom.